The lowest BCUT2D eigenvalue weighted by atomic mass is 10.0. The van der Waals surface area contributed by atoms with Crippen LogP contribution in [-0.2, 0) is 0 Å². The van der Waals surface area contributed by atoms with Gasteiger partial charge in [-0.3, -0.25) is 9.69 Å². The number of nitrogens with one attached hydrogen (secondary N) is 1. The van der Waals surface area contributed by atoms with E-state index in [0.29, 0.717) is 23.5 Å². The van der Waals surface area contributed by atoms with Crippen molar-refractivity contribution >= 4 is 23.2 Å². The van der Waals surface area contributed by atoms with E-state index >= 15 is 0 Å². The normalized spacial score (nSPS) is 13.8. The predicted octanol–water partition coefficient (Wildman–Crippen LogP) is 3.45. The highest BCUT2D eigenvalue weighted by atomic mass is 19.1. The Bertz CT molecular complexity index is 715. The quantitative estimate of drug-likeness (QED) is 0.872. The number of carbonyl (C=O) groups excluding carboxylic acids is 2. The second kappa shape index (κ2) is 5.36. The molecule has 5 heteroatoms. The number of nitrogens with zero attached hydrogens (tertiary/aromatic N) is 1. The number of fused-ring (bicyclic) bond motifs is 1. The SMILES string of the molecule is O=C1CCN(C(=O)Nc2cccc(F)c2)c2ccccc21. The first-order valence-corrected chi connectivity index (χ1v) is 6.61. The summed E-state index contributed by atoms with van der Waals surface area (Å²) in [6.45, 7) is 0.316. The number of rotatable bonds is 1. The van der Waals surface area contributed by atoms with Crippen LogP contribution in [-0.4, -0.2) is 18.4 Å². The molecule has 4 nitrogen and oxygen atoms in total. The van der Waals surface area contributed by atoms with Gasteiger partial charge in [-0.25, -0.2) is 9.18 Å². The Balaban J connectivity index is 1.86. The highest BCUT2D eigenvalue weighted by Crippen LogP contribution is 2.27. The molecule has 3 rings (SSSR count). The Labute approximate surface area is 121 Å². The Morgan fingerprint density at radius 1 is 1.14 bits per heavy atom. The number of amides is 2. The lowest BCUT2D eigenvalue weighted by Gasteiger charge is -2.28. The van der Waals surface area contributed by atoms with Crippen LogP contribution >= 0.6 is 0 Å². The molecule has 0 spiro atoms. The summed E-state index contributed by atoms with van der Waals surface area (Å²) in [7, 11) is 0. The molecule has 2 aromatic carbocycles. The van der Waals surface area contributed by atoms with Gasteiger partial charge in [0.15, 0.2) is 5.78 Å². The second-order valence-corrected chi connectivity index (χ2v) is 4.78. The van der Waals surface area contributed by atoms with Crippen molar-refractivity contribution in [3.63, 3.8) is 0 Å². The number of hydrogen-bond donors (Lipinski definition) is 1. The van der Waals surface area contributed by atoms with Gasteiger partial charge >= 0.3 is 6.03 Å². The number of urea groups is 1. The number of hydrogen-bond acceptors (Lipinski definition) is 2. The van der Waals surface area contributed by atoms with Crippen LogP contribution in [0, 0.1) is 5.82 Å². The number of Topliss-reactive ketones (excluding diaryl/α,β-unsaturated/α-hetero) is 1. The first kappa shape index (κ1) is 13.3. The third-order valence-corrected chi connectivity index (χ3v) is 3.38. The fraction of sp³-hybridized carbons (Fsp3) is 0.125. The van der Waals surface area contributed by atoms with Crippen LogP contribution in [0.3, 0.4) is 0 Å². The highest BCUT2D eigenvalue weighted by Gasteiger charge is 2.26. The zero-order valence-electron chi connectivity index (χ0n) is 11.2. The molecule has 106 valence electrons. The molecule has 0 aromatic heterocycles. The number of benzene rings is 2. The molecule has 2 aromatic rings. The van der Waals surface area contributed by atoms with E-state index < -0.39 is 5.82 Å². The number of para-hydroxylation sites is 1. The van der Waals surface area contributed by atoms with Gasteiger partial charge in [-0.15, -0.1) is 0 Å². The molecule has 1 aliphatic heterocycles. The summed E-state index contributed by atoms with van der Waals surface area (Å²) in [6.07, 6.45) is 0.285. The van der Waals surface area contributed by atoms with Crippen molar-refractivity contribution in [3.05, 3.63) is 59.9 Å². The fourth-order valence-electron chi connectivity index (χ4n) is 2.38. The summed E-state index contributed by atoms with van der Waals surface area (Å²) >= 11 is 0. The summed E-state index contributed by atoms with van der Waals surface area (Å²) in [5, 5.41) is 2.64. The van der Waals surface area contributed by atoms with Crippen LogP contribution in [0.1, 0.15) is 16.8 Å². The summed E-state index contributed by atoms with van der Waals surface area (Å²) in [5.41, 5.74) is 1.51. The van der Waals surface area contributed by atoms with Crippen LogP contribution in [0.25, 0.3) is 0 Å². The average molecular weight is 284 g/mol. The summed E-state index contributed by atoms with van der Waals surface area (Å²) < 4.78 is 13.1. The molecular formula is C16H13FN2O2. The Kier molecular flexibility index (Phi) is 3.39. The van der Waals surface area contributed by atoms with Crippen molar-refractivity contribution in [3.8, 4) is 0 Å². The van der Waals surface area contributed by atoms with E-state index in [9.17, 15) is 14.0 Å². The lowest BCUT2D eigenvalue weighted by Crippen LogP contribution is -2.40. The van der Waals surface area contributed by atoms with Gasteiger partial charge in [-0.1, -0.05) is 18.2 Å². The van der Waals surface area contributed by atoms with Gasteiger partial charge in [-0.2, -0.15) is 0 Å². The molecular weight excluding hydrogens is 271 g/mol. The molecule has 0 bridgehead atoms. The molecule has 0 saturated heterocycles. The third kappa shape index (κ3) is 2.63. The first-order valence-electron chi connectivity index (χ1n) is 6.61. The maximum Gasteiger partial charge on any atom is 0.326 e. The molecule has 0 saturated carbocycles. The van der Waals surface area contributed by atoms with E-state index in [1.54, 1.807) is 30.3 Å². The molecule has 1 N–H and O–H groups in total. The molecule has 0 unspecified atom stereocenters. The lowest BCUT2D eigenvalue weighted by molar-refractivity contribution is 0.0981. The van der Waals surface area contributed by atoms with Crippen molar-refractivity contribution < 1.29 is 14.0 Å². The van der Waals surface area contributed by atoms with Crippen LogP contribution in [0.15, 0.2) is 48.5 Å². The zero-order valence-corrected chi connectivity index (χ0v) is 11.2. The minimum atomic E-state index is -0.415. The molecule has 0 fully saturated rings. The maximum atomic E-state index is 13.1. The molecule has 1 heterocycles. The maximum absolute atomic E-state index is 13.1. The van der Waals surface area contributed by atoms with E-state index in [1.165, 1.54) is 23.1 Å². The smallest absolute Gasteiger partial charge is 0.307 e. The first-order chi connectivity index (χ1) is 10.1. The predicted molar refractivity (Wildman–Crippen MR) is 78.2 cm³/mol. The molecule has 0 radical (unpaired) electrons. The summed E-state index contributed by atoms with van der Waals surface area (Å²) in [5.74, 6) is -0.387. The monoisotopic (exact) mass is 284 g/mol. The van der Waals surface area contributed by atoms with Gasteiger partial charge in [0.1, 0.15) is 5.82 Å². The number of ketones is 1. The molecule has 21 heavy (non-hydrogen) atoms. The van der Waals surface area contributed by atoms with Gasteiger partial charge in [0.25, 0.3) is 0 Å². The number of carbonyl (C=O) groups is 2. The Morgan fingerprint density at radius 2 is 1.95 bits per heavy atom. The topological polar surface area (TPSA) is 49.4 Å². The minimum absolute atomic E-state index is 0.0282. The average Bonchev–Trinajstić information content (AvgIpc) is 2.48. The molecule has 1 aliphatic rings. The summed E-state index contributed by atoms with van der Waals surface area (Å²) in [6, 6.07) is 12.3. The largest absolute Gasteiger partial charge is 0.326 e. The van der Waals surface area contributed by atoms with Crippen LogP contribution in [0.2, 0.25) is 0 Å². The van der Waals surface area contributed by atoms with Crippen LogP contribution in [0.5, 0.6) is 0 Å². The van der Waals surface area contributed by atoms with Crippen molar-refractivity contribution in [1.29, 1.82) is 0 Å². The highest BCUT2D eigenvalue weighted by molar-refractivity contribution is 6.11. The number of halogens is 1. The Hall–Kier alpha value is -2.69. The third-order valence-electron chi connectivity index (χ3n) is 3.38. The van der Waals surface area contributed by atoms with Gasteiger partial charge in [0.05, 0.1) is 5.69 Å². The molecule has 0 atom stereocenters. The van der Waals surface area contributed by atoms with E-state index in [2.05, 4.69) is 5.32 Å². The Morgan fingerprint density at radius 3 is 2.76 bits per heavy atom. The van der Waals surface area contributed by atoms with Crippen molar-refractivity contribution in [1.82, 2.24) is 0 Å². The standard InChI is InChI=1S/C16H13FN2O2/c17-11-4-3-5-12(10-11)18-16(21)19-9-8-15(20)13-6-1-2-7-14(13)19/h1-7,10H,8-9H2,(H,18,21). The van der Waals surface area contributed by atoms with Gasteiger partial charge < -0.3 is 5.32 Å². The number of anilines is 2. The van der Waals surface area contributed by atoms with Gasteiger partial charge in [0.2, 0.25) is 0 Å². The summed E-state index contributed by atoms with van der Waals surface area (Å²) in [4.78, 5) is 25.7. The van der Waals surface area contributed by atoms with E-state index in [-0.39, 0.29) is 18.2 Å². The minimum Gasteiger partial charge on any atom is -0.307 e. The van der Waals surface area contributed by atoms with E-state index in [0.717, 1.165) is 0 Å². The zero-order chi connectivity index (χ0) is 14.8. The molecule has 2 amide bonds. The van der Waals surface area contributed by atoms with E-state index in [4.69, 9.17) is 0 Å². The van der Waals surface area contributed by atoms with Crippen LogP contribution in [0.4, 0.5) is 20.6 Å². The van der Waals surface area contributed by atoms with Crippen molar-refractivity contribution in [2.45, 2.75) is 6.42 Å². The fourth-order valence-corrected chi connectivity index (χ4v) is 2.38. The van der Waals surface area contributed by atoms with Gasteiger partial charge in [-0.05, 0) is 30.3 Å². The second-order valence-electron chi connectivity index (χ2n) is 4.78. The van der Waals surface area contributed by atoms with Crippen molar-refractivity contribution in [2.24, 2.45) is 0 Å². The van der Waals surface area contributed by atoms with E-state index in [1.807, 2.05) is 0 Å². The van der Waals surface area contributed by atoms with Crippen LogP contribution < -0.4 is 10.2 Å². The molecule has 0 aliphatic carbocycles. The van der Waals surface area contributed by atoms with Crippen molar-refractivity contribution in [2.75, 3.05) is 16.8 Å². The van der Waals surface area contributed by atoms with Gasteiger partial charge in [0, 0.05) is 24.2 Å².